The Morgan fingerprint density at radius 2 is 2.33 bits per heavy atom. The topological polar surface area (TPSA) is 39.9 Å². The molecule has 0 aliphatic carbocycles. The highest BCUT2D eigenvalue weighted by Gasteiger charge is 2.04. The van der Waals surface area contributed by atoms with Gasteiger partial charge in [0, 0.05) is 13.2 Å². The van der Waals surface area contributed by atoms with Crippen LogP contribution in [0.4, 0.5) is 0 Å². The summed E-state index contributed by atoms with van der Waals surface area (Å²) in [6.45, 7) is 0.438. The quantitative estimate of drug-likeness (QED) is 0.856. The number of halogens is 1. The van der Waals surface area contributed by atoms with Crippen LogP contribution in [0.1, 0.15) is 5.82 Å². The smallest absolute Gasteiger partial charge is 0.147 e. The van der Waals surface area contributed by atoms with Crippen molar-refractivity contribution in [3.63, 3.8) is 0 Å². The van der Waals surface area contributed by atoms with Crippen LogP contribution in [0.3, 0.4) is 0 Å². The SMILES string of the molecule is Cn1c(Br)cnc1COc1cccnc1. The van der Waals surface area contributed by atoms with Gasteiger partial charge in [0.1, 0.15) is 22.8 Å². The van der Waals surface area contributed by atoms with E-state index in [2.05, 4.69) is 25.9 Å². The van der Waals surface area contributed by atoms with E-state index in [1.165, 1.54) is 0 Å². The number of aromatic nitrogens is 3. The van der Waals surface area contributed by atoms with Gasteiger partial charge >= 0.3 is 0 Å². The summed E-state index contributed by atoms with van der Waals surface area (Å²) in [5, 5.41) is 0. The molecule has 0 N–H and O–H groups in total. The lowest BCUT2D eigenvalue weighted by Gasteiger charge is -2.05. The summed E-state index contributed by atoms with van der Waals surface area (Å²) in [5.41, 5.74) is 0. The molecule has 0 unspecified atom stereocenters. The van der Waals surface area contributed by atoms with Gasteiger partial charge in [-0.2, -0.15) is 0 Å². The summed E-state index contributed by atoms with van der Waals surface area (Å²) in [7, 11) is 1.93. The van der Waals surface area contributed by atoms with Gasteiger partial charge < -0.3 is 9.30 Å². The Bertz CT molecular complexity index is 441. The molecule has 2 aromatic rings. The van der Waals surface area contributed by atoms with Crippen LogP contribution in [0.15, 0.2) is 35.3 Å². The fourth-order valence-electron chi connectivity index (χ4n) is 1.14. The van der Waals surface area contributed by atoms with Gasteiger partial charge in [0.2, 0.25) is 0 Å². The van der Waals surface area contributed by atoms with Gasteiger partial charge in [-0.1, -0.05) is 0 Å². The summed E-state index contributed by atoms with van der Waals surface area (Å²) in [5.74, 6) is 1.61. The van der Waals surface area contributed by atoms with Crippen molar-refractivity contribution in [3.05, 3.63) is 41.2 Å². The molecule has 0 saturated heterocycles. The number of ether oxygens (including phenoxy) is 1. The fourth-order valence-corrected chi connectivity index (χ4v) is 1.45. The first-order valence-electron chi connectivity index (χ1n) is 4.46. The molecule has 2 aromatic heterocycles. The number of hydrogen-bond donors (Lipinski definition) is 0. The maximum atomic E-state index is 5.52. The van der Waals surface area contributed by atoms with Gasteiger partial charge in [0.05, 0.1) is 12.4 Å². The van der Waals surface area contributed by atoms with Gasteiger partial charge in [-0.05, 0) is 28.1 Å². The van der Waals surface area contributed by atoms with Crippen LogP contribution >= 0.6 is 15.9 Å². The molecule has 0 atom stereocenters. The van der Waals surface area contributed by atoms with Gasteiger partial charge in [-0.15, -0.1) is 0 Å². The van der Waals surface area contributed by atoms with Crippen LogP contribution in [0.25, 0.3) is 0 Å². The van der Waals surface area contributed by atoms with Crippen molar-refractivity contribution in [1.82, 2.24) is 14.5 Å². The normalized spacial score (nSPS) is 10.3. The van der Waals surface area contributed by atoms with E-state index >= 15 is 0 Å². The minimum atomic E-state index is 0.438. The second kappa shape index (κ2) is 4.44. The van der Waals surface area contributed by atoms with Crippen LogP contribution in [0.2, 0.25) is 0 Å². The number of pyridine rings is 1. The molecule has 0 bridgehead atoms. The van der Waals surface area contributed by atoms with E-state index in [0.29, 0.717) is 6.61 Å². The number of rotatable bonds is 3. The van der Waals surface area contributed by atoms with E-state index in [1.807, 2.05) is 23.7 Å². The Kier molecular flexibility index (Phi) is 3.01. The third-order valence-electron chi connectivity index (χ3n) is 2.03. The maximum Gasteiger partial charge on any atom is 0.147 e. The summed E-state index contributed by atoms with van der Waals surface area (Å²) in [6.07, 6.45) is 5.14. The highest BCUT2D eigenvalue weighted by atomic mass is 79.9. The predicted molar refractivity (Wildman–Crippen MR) is 59.5 cm³/mol. The standard InChI is InChI=1S/C10H10BrN3O/c1-14-9(11)6-13-10(14)7-15-8-3-2-4-12-5-8/h2-6H,7H2,1H3. The summed E-state index contributed by atoms with van der Waals surface area (Å²) in [6, 6.07) is 3.70. The molecule has 0 aliphatic heterocycles. The molecular formula is C10H10BrN3O. The third kappa shape index (κ3) is 2.36. The van der Waals surface area contributed by atoms with Crippen molar-refractivity contribution in [2.45, 2.75) is 6.61 Å². The molecular weight excluding hydrogens is 258 g/mol. The molecule has 0 spiro atoms. The van der Waals surface area contributed by atoms with E-state index in [9.17, 15) is 0 Å². The van der Waals surface area contributed by atoms with Crippen molar-refractivity contribution >= 4 is 15.9 Å². The lowest BCUT2D eigenvalue weighted by molar-refractivity contribution is 0.290. The minimum absolute atomic E-state index is 0.438. The number of imidazole rings is 1. The van der Waals surface area contributed by atoms with E-state index in [4.69, 9.17) is 4.74 Å². The molecule has 78 valence electrons. The van der Waals surface area contributed by atoms with Crippen LogP contribution in [-0.4, -0.2) is 14.5 Å². The van der Waals surface area contributed by atoms with Crippen LogP contribution in [0, 0.1) is 0 Å². The lowest BCUT2D eigenvalue weighted by atomic mass is 10.5. The Morgan fingerprint density at radius 3 is 2.93 bits per heavy atom. The second-order valence-corrected chi connectivity index (χ2v) is 3.85. The van der Waals surface area contributed by atoms with Crippen molar-refractivity contribution in [2.24, 2.45) is 7.05 Å². The summed E-state index contributed by atoms with van der Waals surface area (Å²) >= 11 is 3.37. The second-order valence-electron chi connectivity index (χ2n) is 3.03. The van der Waals surface area contributed by atoms with Crippen molar-refractivity contribution in [2.75, 3.05) is 0 Å². The first-order chi connectivity index (χ1) is 7.27. The molecule has 0 aromatic carbocycles. The average molecular weight is 268 g/mol. The predicted octanol–water partition coefficient (Wildman–Crippen LogP) is 2.16. The Balaban J connectivity index is 2.02. The zero-order valence-electron chi connectivity index (χ0n) is 8.22. The van der Waals surface area contributed by atoms with Gasteiger partial charge in [0.25, 0.3) is 0 Å². The molecule has 5 heteroatoms. The zero-order valence-corrected chi connectivity index (χ0v) is 9.81. The van der Waals surface area contributed by atoms with Crippen molar-refractivity contribution < 1.29 is 4.74 Å². The monoisotopic (exact) mass is 267 g/mol. The highest BCUT2D eigenvalue weighted by molar-refractivity contribution is 9.10. The maximum absolute atomic E-state index is 5.52. The number of hydrogen-bond acceptors (Lipinski definition) is 3. The lowest BCUT2D eigenvalue weighted by Crippen LogP contribution is -2.03. The summed E-state index contributed by atoms with van der Waals surface area (Å²) in [4.78, 5) is 8.16. The molecule has 2 heterocycles. The van der Waals surface area contributed by atoms with Gasteiger partial charge in [0.15, 0.2) is 0 Å². The van der Waals surface area contributed by atoms with E-state index in [-0.39, 0.29) is 0 Å². The average Bonchev–Trinajstić information content (AvgIpc) is 2.59. The Labute approximate surface area is 96.1 Å². The minimum Gasteiger partial charge on any atom is -0.484 e. The van der Waals surface area contributed by atoms with Crippen LogP contribution < -0.4 is 4.74 Å². The fraction of sp³-hybridized carbons (Fsp3) is 0.200. The Morgan fingerprint density at radius 1 is 1.47 bits per heavy atom. The molecule has 0 amide bonds. The zero-order chi connectivity index (χ0) is 10.7. The molecule has 4 nitrogen and oxygen atoms in total. The molecule has 0 saturated carbocycles. The highest BCUT2D eigenvalue weighted by Crippen LogP contribution is 2.13. The number of nitrogens with zero attached hydrogens (tertiary/aromatic N) is 3. The van der Waals surface area contributed by atoms with Gasteiger partial charge in [-0.3, -0.25) is 4.98 Å². The van der Waals surface area contributed by atoms with Crippen molar-refractivity contribution in [1.29, 1.82) is 0 Å². The molecule has 0 aliphatic rings. The van der Waals surface area contributed by atoms with E-state index < -0.39 is 0 Å². The first-order valence-corrected chi connectivity index (χ1v) is 5.25. The van der Waals surface area contributed by atoms with Crippen LogP contribution in [0.5, 0.6) is 5.75 Å². The van der Waals surface area contributed by atoms with Crippen molar-refractivity contribution in [3.8, 4) is 5.75 Å². The Hall–Kier alpha value is -1.36. The van der Waals surface area contributed by atoms with Crippen LogP contribution in [-0.2, 0) is 13.7 Å². The van der Waals surface area contributed by atoms with Gasteiger partial charge in [-0.25, -0.2) is 4.98 Å². The molecule has 0 radical (unpaired) electrons. The van der Waals surface area contributed by atoms with E-state index in [1.54, 1.807) is 18.6 Å². The largest absolute Gasteiger partial charge is 0.484 e. The first kappa shape index (κ1) is 10.2. The molecule has 0 fully saturated rings. The molecule has 15 heavy (non-hydrogen) atoms. The molecule has 2 rings (SSSR count). The summed E-state index contributed by atoms with van der Waals surface area (Å²) < 4.78 is 8.38. The van der Waals surface area contributed by atoms with E-state index in [0.717, 1.165) is 16.2 Å². The third-order valence-corrected chi connectivity index (χ3v) is 2.77.